The fraction of sp³-hybridized carbons (Fsp3) is 0.360. The summed E-state index contributed by atoms with van der Waals surface area (Å²) in [6.45, 7) is 6.04. The Labute approximate surface area is 208 Å². The first kappa shape index (κ1) is 23.2. The number of piperazine rings is 1. The predicted octanol–water partition coefficient (Wildman–Crippen LogP) is 2.49. The molecule has 2 aromatic carbocycles. The first-order valence-corrected chi connectivity index (χ1v) is 12.6. The van der Waals surface area contributed by atoms with E-state index in [0.717, 1.165) is 17.1 Å². The number of amides is 2. The van der Waals surface area contributed by atoms with Crippen LogP contribution in [0.5, 0.6) is 11.5 Å². The Hall–Kier alpha value is -3.53. The lowest BCUT2D eigenvalue weighted by Crippen LogP contribution is -2.55. The van der Waals surface area contributed by atoms with E-state index in [1.54, 1.807) is 15.9 Å². The van der Waals surface area contributed by atoms with Gasteiger partial charge in [0.2, 0.25) is 12.0 Å². The summed E-state index contributed by atoms with van der Waals surface area (Å²) in [4.78, 5) is 29.4. The lowest BCUT2D eigenvalue weighted by molar-refractivity contribution is -0.145. The van der Waals surface area contributed by atoms with Gasteiger partial charge in [0.25, 0.3) is 5.91 Å². The number of para-hydroxylation sites is 3. The van der Waals surface area contributed by atoms with Crippen molar-refractivity contribution in [2.24, 2.45) is 0 Å². The van der Waals surface area contributed by atoms with Gasteiger partial charge in [0, 0.05) is 26.2 Å². The second-order valence-corrected chi connectivity index (χ2v) is 9.45. The molecule has 10 heteroatoms. The maximum absolute atomic E-state index is 12.9. The molecule has 1 atom stereocenters. The van der Waals surface area contributed by atoms with Gasteiger partial charge >= 0.3 is 0 Å². The van der Waals surface area contributed by atoms with Crippen molar-refractivity contribution in [3.8, 4) is 17.2 Å². The lowest BCUT2D eigenvalue weighted by Gasteiger charge is -2.37. The molecule has 1 aromatic heterocycles. The molecule has 3 heterocycles. The van der Waals surface area contributed by atoms with E-state index in [4.69, 9.17) is 9.47 Å². The molecule has 1 fully saturated rings. The standard InChI is InChI=1S/C25H27N5O4S/c1-17-7-3-4-8-19(17)30-18(2)26-27-25(30)35-16-23(31)28-11-13-29(14-12-28)24(32)22-15-33-20-9-5-6-10-21(20)34-22/h3-10,22H,11-16H2,1-2H3/t22-/m1/s1. The molecule has 0 spiro atoms. The SMILES string of the molecule is Cc1ccccc1-n1c(C)nnc1SCC(=O)N1CCN(C(=O)[C@H]2COc3ccccc3O2)CC1. The third-order valence-electron chi connectivity index (χ3n) is 6.20. The minimum atomic E-state index is -0.668. The van der Waals surface area contributed by atoms with Crippen LogP contribution in [0.3, 0.4) is 0 Å². The van der Waals surface area contributed by atoms with Gasteiger partial charge in [-0.3, -0.25) is 14.2 Å². The number of aromatic nitrogens is 3. The summed E-state index contributed by atoms with van der Waals surface area (Å²) in [7, 11) is 0. The number of aryl methyl sites for hydroxylation is 2. The van der Waals surface area contributed by atoms with Crippen LogP contribution in [0.4, 0.5) is 0 Å². The van der Waals surface area contributed by atoms with Gasteiger partial charge in [-0.05, 0) is 37.6 Å². The second-order valence-electron chi connectivity index (χ2n) is 8.51. The van der Waals surface area contributed by atoms with Crippen LogP contribution in [0.25, 0.3) is 5.69 Å². The molecule has 0 N–H and O–H groups in total. The number of fused-ring (bicyclic) bond motifs is 1. The van der Waals surface area contributed by atoms with Gasteiger partial charge in [0.1, 0.15) is 12.4 Å². The number of benzene rings is 2. The van der Waals surface area contributed by atoms with Crippen LogP contribution >= 0.6 is 11.8 Å². The number of carbonyl (C=O) groups excluding carboxylic acids is 2. The summed E-state index contributed by atoms with van der Waals surface area (Å²) in [6.07, 6.45) is -0.668. The Bertz CT molecular complexity index is 1240. The van der Waals surface area contributed by atoms with Crippen LogP contribution in [0.2, 0.25) is 0 Å². The van der Waals surface area contributed by atoms with E-state index < -0.39 is 6.10 Å². The van der Waals surface area contributed by atoms with Crippen molar-refractivity contribution in [2.75, 3.05) is 38.5 Å². The summed E-state index contributed by atoms with van der Waals surface area (Å²) >= 11 is 1.38. The van der Waals surface area contributed by atoms with E-state index in [1.165, 1.54) is 11.8 Å². The lowest BCUT2D eigenvalue weighted by atomic mass is 10.2. The third kappa shape index (κ3) is 4.84. The van der Waals surface area contributed by atoms with Crippen molar-refractivity contribution >= 4 is 23.6 Å². The highest BCUT2D eigenvalue weighted by Crippen LogP contribution is 2.31. The van der Waals surface area contributed by atoms with Crippen LogP contribution in [0.15, 0.2) is 53.7 Å². The zero-order valence-electron chi connectivity index (χ0n) is 19.7. The first-order valence-electron chi connectivity index (χ1n) is 11.6. The Morgan fingerprint density at radius 1 is 0.943 bits per heavy atom. The van der Waals surface area contributed by atoms with Gasteiger partial charge in [-0.1, -0.05) is 42.1 Å². The number of nitrogens with zero attached hydrogens (tertiary/aromatic N) is 5. The topological polar surface area (TPSA) is 89.8 Å². The Balaban J connectivity index is 1.15. The first-order chi connectivity index (χ1) is 17.0. The molecule has 0 bridgehead atoms. The van der Waals surface area contributed by atoms with Crippen molar-refractivity contribution in [1.29, 1.82) is 0 Å². The van der Waals surface area contributed by atoms with Crippen molar-refractivity contribution in [3.05, 3.63) is 59.9 Å². The van der Waals surface area contributed by atoms with Crippen molar-refractivity contribution in [1.82, 2.24) is 24.6 Å². The molecule has 0 aliphatic carbocycles. The monoisotopic (exact) mass is 493 g/mol. The van der Waals surface area contributed by atoms with Crippen LogP contribution < -0.4 is 9.47 Å². The van der Waals surface area contributed by atoms with Crippen molar-refractivity contribution in [2.45, 2.75) is 25.1 Å². The summed E-state index contributed by atoms with van der Waals surface area (Å²) in [5, 5.41) is 9.18. The normalized spacial score (nSPS) is 17.4. The molecule has 2 amide bonds. The van der Waals surface area contributed by atoms with Gasteiger partial charge in [0.15, 0.2) is 16.7 Å². The molecule has 0 radical (unpaired) electrons. The second kappa shape index (κ2) is 9.99. The van der Waals surface area contributed by atoms with E-state index in [2.05, 4.69) is 10.2 Å². The maximum Gasteiger partial charge on any atom is 0.267 e. The summed E-state index contributed by atoms with van der Waals surface area (Å²) in [6, 6.07) is 15.4. The average Bonchev–Trinajstić information content (AvgIpc) is 3.26. The molecule has 3 aromatic rings. The highest BCUT2D eigenvalue weighted by molar-refractivity contribution is 7.99. The maximum atomic E-state index is 12.9. The quantitative estimate of drug-likeness (QED) is 0.505. The van der Waals surface area contributed by atoms with E-state index in [1.807, 2.05) is 60.9 Å². The zero-order valence-corrected chi connectivity index (χ0v) is 20.5. The minimum absolute atomic E-state index is 0.0188. The van der Waals surface area contributed by atoms with Crippen LogP contribution in [-0.2, 0) is 9.59 Å². The van der Waals surface area contributed by atoms with E-state index in [9.17, 15) is 9.59 Å². The third-order valence-corrected chi connectivity index (χ3v) is 7.12. The molecule has 35 heavy (non-hydrogen) atoms. The molecular weight excluding hydrogens is 466 g/mol. The number of carbonyl (C=O) groups is 2. The Morgan fingerprint density at radius 2 is 1.63 bits per heavy atom. The van der Waals surface area contributed by atoms with Crippen molar-refractivity contribution in [3.63, 3.8) is 0 Å². The van der Waals surface area contributed by atoms with Gasteiger partial charge in [-0.2, -0.15) is 0 Å². The molecule has 2 aliphatic heterocycles. The van der Waals surface area contributed by atoms with Crippen molar-refractivity contribution < 1.29 is 19.1 Å². The fourth-order valence-corrected chi connectivity index (χ4v) is 5.16. The highest BCUT2D eigenvalue weighted by atomic mass is 32.2. The number of rotatable bonds is 5. The number of ether oxygens (including phenoxy) is 2. The molecular formula is C25H27N5O4S. The predicted molar refractivity (Wildman–Crippen MR) is 131 cm³/mol. The average molecular weight is 494 g/mol. The molecule has 0 unspecified atom stereocenters. The Kier molecular flexibility index (Phi) is 6.63. The molecule has 182 valence electrons. The highest BCUT2D eigenvalue weighted by Gasteiger charge is 2.33. The van der Waals surface area contributed by atoms with Crippen LogP contribution in [-0.4, -0.2) is 81.0 Å². The van der Waals surface area contributed by atoms with E-state index in [-0.39, 0.29) is 24.2 Å². The minimum Gasteiger partial charge on any atom is -0.485 e. The van der Waals surface area contributed by atoms with Gasteiger partial charge in [0.05, 0.1) is 11.4 Å². The zero-order chi connectivity index (χ0) is 24.4. The smallest absolute Gasteiger partial charge is 0.267 e. The largest absolute Gasteiger partial charge is 0.485 e. The molecule has 5 rings (SSSR count). The van der Waals surface area contributed by atoms with E-state index >= 15 is 0 Å². The van der Waals surface area contributed by atoms with Crippen LogP contribution in [0.1, 0.15) is 11.4 Å². The van der Waals surface area contributed by atoms with Crippen LogP contribution in [0, 0.1) is 13.8 Å². The fourth-order valence-electron chi connectivity index (χ4n) is 4.27. The van der Waals surface area contributed by atoms with E-state index in [0.29, 0.717) is 42.8 Å². The molecule has 2 aliphatic rings. The van der Waals surface area contributed by atoms with Gasteiger partial charge < -0.3 is 19.3 Å². The summed E-state index contributed by atoms with van der Waals surface area (Å²) in [5.74, 6) is 2.18. The van der Waals surface area contributed by atoms with Gasteiger partial charge in [-0.25, -0.2) is 0 Å². The number of thioether (sulfide) groups is 1. The molecule has 0 saturated carbocycles. The molecule has 9 nitrogen and oxygen atoms in total. The summed E-state index contributed by atoms with van der Waals surface area (Å²) < 4.78 is 13.5. The Morgan fingerprint density at radius 3 is 2.40 bits per heavy atom. The number of hydrogen-bond donors (Lipinski definition) is 0. The summed E-state index contributed by atoms with van der Waals surface area (Å²) in [5.41, 5.74) is 2.12. The van der Waals surface area contributed by atoms with Gasteiger partial charge in [-0.15, -0.1) is 10.2 Å². The molecule has 1 saturated heterocycles. The number of hydrogen-bond acceptors (Lipinski definition) is 7.